The Kier molecular flexibility index (Phi) is 7.56. The molecule has 1 heterocycles. The highest BCUT2D eigenvalue weighted by molar-refractivity contribution is 7.84. The van der Waals surface area contributed by atoms with Gasteiger partial charge in [0.15, 0.2) is 0 Å². The number of hydrogen-bond donors (Lipinski definition) is 1. The van der Waals surface area contributed by atoms with Crippen LogP contribution in [0.2, 0.25) is 0 Å². The summed E-state index contributed by atoms with van der Waals surface area (Å²) < 4.78 is 10.9. The van der Waals surface area contributed by atoms with Crippen LogP contribution in [0.5, 0.6) is 0 Å². The van der Waals surface area contributed by atoms with Crippen LogP contribution in [0, 0.1) is 0 Å². The molecule has 19 heavy (non-hydrogen) atoms. The fourth-order valence-corrected chi connectivity index (χ4v) is 2.76. The highest BCUT2D eigenvalue weighted by Gasteiger charge is 2.20. The zero-order chi connectivity index (χ0) is 14.3. The van der Waals surface area contributed by atoms with Crippen LogP contribution >= 0.6 is 0 Å². The quantitative estimate of drug-likeness (QED) is 0.665. The smallest absolute Gasteiger partial charge is 0.236 e. The van der Waals surface area contributed by atoms with Crippen LogP contribution in [-0.2, 0) is 15.6 Å². The first-order valence-corrected chi connectivity index (χ1v) is 8.67. The van der Waals surface area contributed by atoms with Crippen LogP contribution in [0.3, 0.4) is 0 Å². The Balaban J connectivity index is 2.11. The first kappa shape index (κ1) is 16.6. The van der Waals surface area contributed by atoms with Gasteiger partial charge >= 0.3 is 0 Å². The van der Waals surface area contributed by atoms with Gasteiger partial charge in [-0.25, -0.2) is 0 Å². The van der Waals surface area contributed by atoms with Crippen LogP contribution in [0.25, 0.3) is 0 Å². The summed E-state index contributed by atoms with van der Waals surface area (Å²) in [6.45, 7) is 3.45. The number of nitrogens with one attached hydrogen (secondary N) is 1. The summed E-state index contributed by atoms with van der Waals surface area (Å²) in [6, 6.07) is 0.552. The van der Waals surface area contributed by atoms with Gasteiger partial charge in [0.25, 0.3) is 0 Å². The Morgan fingerprint density at radius 3 is 2.53 bits per heavy atom. The molecule has 0 saturated carbocycles. The van der Waals surface area contributed by atoms with Crippen LogP contribution < -0.4 is 5.32 Å². The average molecular weight is 289 g/mol. The summed E-state index contributed by atoms with van der Waals surface area (Å²) in [4.78, 5) is 15.5. The Morgan fingerprint density at radius 1 is 1.37 bits per heavy atom. The minimum Gasteiger partial charge on any atom is -0.348 e. The molecule has 0 radical (unpaired) electrons. The minimum absolute atomic E-state index is 0.178. The molecule has 1 N–H and O–H groups in total. The number of piperidine rings is 1. The monoisotopic (exact) mass is 289 g/mol. The predicted molar refractivity (Wildman–Crippen MR) is 79.7 cm³/mol. The van der Waals surface area contributed by atoms with Crippen molar-refractivity contribution in [3.8, 4) is 0 Å². The van der Waals surface area contributed by atoms with Gasteiger partial charge in [0, 0.05) is 56.0 Å². The first-order chi connectivity index (χ1) is 8.99. The number of carbonyl (C=O) groups excluding carboxylic acids is 1. The van der Waals surface area contributed by atoms with E-state index in [4.69, 9.17) is 0 Å². The summed E-state index contributed by atoms with van der Waals surface area (Å²) in [7, 11) is 2.92. The fourth-order valence-electron chi connectivity index (χ4n) is 2.21. The van der Waals surface area contributed by atoms with Gasteiger partial charge in [-0.1, -0.05) is 0 Å². The molecule has 0 aromatic rings. The average Bonchev–Trinajstić information content (AvgIpc) is 2.36. The first-order valence-electron chi connectivity index (χ1n) is 6.95. The van der Waals surface area contributed by atoms with E-state index in [0.717, 1.165) is 44.6 Å². The van der Waals surface area contributed by atoms with Crippen molar-refractivity contribution in [3.05, 3.63) is 0 Å². The van der Waals surface area contributed by atoms with E-state index < -0.39 is 10.8 Å². The van der Waals surface area contributed by atoms with Gasteiger partial charge in [-0.05, 0) is 25.8 Å². The lowest BCUT2D eigenvalue weighted by Gasteiger charge is -2.32. The molecule has 1 atom stereocenters. The molecule has 0 bridgehead atoms. The van der Waals surface area contributed by atoms with Crippen LogP contribution in [0.15, 0.2) is 0 Å². The Labute approximate surface area is 119 Å². The van der Waals surface area contributed by atoms with Crippen molar-refractivity contribution in [2.75, 3.05) is 52.3 Å². The maximum Gasteiger partial charge on any atom is 0.236 e. The SMILES string of the molecule is CN(C)C(=O)CN1CCC(NCCCS(C)=O)CC1. The maximum atomic E-state index is 11.6. The predicted octanol–water partition coefficient (Wildman–Crippen LogP) is -0.103. The van der Waals surface area contributed by atoms with Crippen molar-refractivity contribution in [3.63, 3.8) is 0 Å². The summed E-state index contributed by atoms with van der Waals surface area (Å²) in [5.74, 6) is 0.959. The standard InChI is InChI=1S/C13H27N3O2S/c1-15(2)13(17)11-16-8-5-12(6-9-16)14-7-4-10-19(3)18/h12,14H,4-11H2,1-3H3. The van der Waals surface area contributed by atoms with Gasteiger partial charge in [-0.15, -0.1) is 0 Å². The van der Waals surface area contributed by atoms with Gasteiger partial charge in [0.2, 0.25) is 5.91 Å². The fraction of sp³-hybridized carbons (Fsp3) is 0.923. The molecule has 6 heteroatoms. The van der Waals surface area contributed by atoms with E-state index in [-0.39, 0.29) is 5.91 Å². The maximum absolute atomic E-state index is 11.6. The summed E-state index contributed by atoms with van der Waals surface area (Å²) >= 11 is 0. The molecule has 1 amide bonds. The van der Waals surface area contributed by atoms with Crippen LogP contribution in [0.4, 0.5) is 0 Å². The summed E-state index contributed by atoms with van der Waals surface area (Å²) in [5, 5.41) is 3.52. The molecule has 5 nitrogen and oxygen atoms in total. The number of hydrogen-bond acceptors (Lipinski definition) is 4. The molecule has 1 fully saturated rings. The number of likely N-dealkylation sites (N-methyl/N-ethyl adjacent to an activating group) is 1. The molecule has 1 aliphatic rings. The topological polar surface area (TPSA) is 52.7 Å². The van der Waals surface area contributed by atoms with E-state index >= 15 is 0 Å². The molecule has 112 valence electrons. The highest BCUT2D eigenvalue weighted by Crippen LogP contribution is 2.10. The van der Waals surface area contributed by atoms with Gasteiger partial charge in [-0.2, -0.15) is 0 Å². The largest absolute Gasteiger partial charge is 0.348 e. The van der Waals surface area contributed by atoms with E-state index in [0.29, 0.717) is 12.6 Å². The summed E-state index contributed by atoms with van der Waals surface area (Å²) in [6.07, 6.45) is 4.91. The number of rotatable bonds is 7. The molecule has 0 spiro atoms. The Hall–Kier alpha value is -0.460. The molecular weight excluding hydrogens is 262 g/mol. The van der Waals surface area contributed by atoms with Crippen molar-refractivity contribution in [1.82, 2.24) is 15.1 Å². The normalized spacial score (nSPS) is 19.3. The lowest BCUT2D eigenvalue weighted by molar-refractivity contribution is -0.130. The summed E-state index contributed by atoms with van der Waals surface area (Å²) in [5.41, 5.74) is 0. The van der Waals surface area contributed by atoms with Crippen molar-refractivity contribution in [2.45, 2.75) is 25.3 Å². The molecule has 1 unspecified atom stereocenters. The van der Waals surface area contributed by atoms with Gasteiger partial charge in [-0.3, -0.25) is 13.9 Å². The van der Waals surface area contributed by atoms with Crippen molar-refractivity contribution < 1.29 is 9.00 Å². The molecule has 1 saturated heterocycles. The van der Waals surface area contributed by atoms with E-state index in [1.54, 1.807) is 25.3 Å². The molecule has 1 aliphatic heterocycles. The number of amides is 1. The lowest BCUT2D eigenvalue weighted by Crippen LogP contribution is -2.46. The molecule has 0 aliphatic carbocycles. The van der Waals surface area contributed by atoms with E-state index in [1.807, 2.05) is 0 Å². The number of likely N-dealkylation sites (tertiary alicyclic amines) is 1. The van der Waals surface area contributed by atoms with Crippen LogP contribution in [-0.4, -0.2) is 78.2 Å². The molecular formula is C13H27N3O2S. The number of nitrogens with zero attached hydrogens (tertiary/aromatic N) is 2. The highest BCUT2D eigenvalue weighted by atomic mass is 32.2. The van der Waals surface area contributed by atoms with Gasteiger partial charge < -0.3 is 10.2 Å². The number of carbonyl (C=O) groups is 1. The third kappa shape index (κ3) is 7.03. The third-order valence-corrected chi connectivity index (χ3v) is 4.35. The van der Waals surface area contributed by atoms with Crippen molar-refractivity contribution >= 4 is 16.7 Å². The van der Waals surface area contributed by atoms with Crippen molar-refractivity contribution in [1.29, 1.82) is 0 Å². The van der Waals surface area contributed by atoms with Gasteiger partial charge in [0.1, 0.15) is 0 Å². The van der Waals surface area contributed by atoms with Gasteiger partial charge in [0.05, 0.1) is 6.54 Å². The van der Waals surface area contributed by atoms with E-state index in [9.17, 15) is 9.00 Å². The lowest BCUT2D eigenvalue weighted by atomic mass is 10.0. The Morgan fingerprint density at radius 2 is 2.00 bits per heavy atom. The van der Waals surface area contributed by atoms with E-state index in [2.05, 4.69) is 10.2 Å². The second-order valence-corrected chi connectivity index (χ2v) is 6.98. The molecule has 0 aromatic carbocycles. The zero-order valence-electron chi connectivity index (χ0n) is 12.4. The minimum atomic E-state index is -0.679. The molecule has 1 rings (SSSR count). The zero-order valence-corrected chi connectivity index (χ0v) is 13.2. The second kappa shape index (κ2) is 8.66. The Bertz CT molecular complexity index is 302. The molecule has 0 aromatic heterocycles. The van der Waals surface area contributed by atoms with Crippen molar-refractivity contribution in [2.24, 2.45) is 0 Å². The second-order valence-electron chi connectivity index (χ2n) is 5.42. The van der Waals surface area contributed by atoms with E-state index in [1.165, 1.54) is 0 Å². The van der Waals surface area contributed by atoms with Crippen LogP contribution in [0.1, 0.15) is 19.3 Å². The third-order valence-electron chi connectivity index (χ3n) is 3.49.